The number of nitriles is 1. The molecule has 0 aromatic heterocycles. The molecule has 208 valence electrons. The average Bonchev–Trinajstić information content (AvgIpc) is 3.70. The predicted octanol–water partition coefficient (Wildman–Crippen LogP) is 1.73. The summed E-state index contributed by atoms with van der Waals surface area (Å²) >= 11 is 0. The lowest BCUT2D eigenvalue weighted by molar-refractivity contribution is -0.193. The Labute approximate surface area is 219 Å². The number of hydrogen-bond acceptors (Lipinski definition) is 5. The molecule has 12 heteroatoms. The van der Waals surface area contributed by atoms with Crippen molar-refractivity contribution in [3.63, 3.8) is 0 Å². The number of carbonyl (C=O) groups excluding carboxylic acids is 4. The highest BCUT2D eigenvalue weighted by atomic mass is 19.4. The van der Waals surface area contributed by atoms with E-state index in [4.69, 9.17) is 0 Å². The van der Waals surface area contributed by atoms with Gasteiger partial charge in [-0.15, -0.1) is 0 Å². The number of nitrogens with one attached hydrogen (secondary N) is 2. The lowest BCUT2D eigenvalue weighted by Crippen LogP contribution is -2.76. The van der Waals surface area contributed by atoms with Crippen molar-refractivity contribution in [1.29, 1.82) is 5.26 Å². The van der Waals surface area contributed by atoms with E-state index in [9.17, 15) is 37.6 Å². The van der Waals surface area contributed by atoms with Crippen LogP contribution in [0.4, 0.5) is 13.2 Å². The maximum atomic E-state index is 13.7. The maximum absolute atomic E-state index is 13.7. The Kier molecular flexibility index (Phi) is 5.86. The van der Waals surface area contributed by atoms with Gasteiger partial charge >= 0.3 is 6.18 Å². The summed E-state index contributed by atoms with van der Waals surface area (Å²) in [5.74, 6) is -3.29. The molecule has 2 N–H and O–H groups in total. The first kappa shape index (κ1) is 26.8. The second-order valence-electron chi connectivity index (χ2n) is 12.5. The Bertz CT molecular complexity index is 1130. The topological polar surface area (TPSA) is 123 Å². The minimum absolute atomic E-state index is 0.119. The molecule has 0 aromatic rings. The summed E-state index contributed by atoms with van der Waals surface area (Å²) in [6.07, 6.45) is -3.68. The van der Waals surface area contributed by atoms with Crippen molar-refractivity contribution in [2.24, 2.45) is 28.6 Å². The number of alkyl halides is 3. The number of rotatable bonds is 7. The molecule has 5 rings (SSSR count). The number of likely N-dealkylation sites (tertiary alicyclic amines) is 2. The molecule has 38 heavy (non-hydrogen) atoms. The Balaban J connectivity index is 1.36. The van der Waals surface area contributed by atoms with Crippen molar-refractivity contribution in [3.05, 3.63) is 0 Å². The Morgan fingerprint density at radius 1 is 1.24 bits per heavy atom. The second-order valence-corrected chi connectivity index (χ2v) is 12.5. The molecule has 3 aliphatic heterocycles. The monoisotopic (exact) mass is 537 g/mol. The van der Waals surface area contributed by atoms with Crippen LogP contribution in [-0.2, 0) is 19.2 Å². The van der Waals surface area contributed by atoms with Crippen LogP contribution in [0.15, 0.2) is 0 Å². The van der Waals surface area contributed by atoms with E-state index in [1.165, 1.54) is 4.90 Å². The van der Waals surface area contributed by atoms with Crippen LogP contribution >= 0.6 is 0 Å². The molecule has 2 aliphatic carbocycles. The van der Waals surface area contributed by atoms with E-state index in [-0.39, 0.29) is 49.0 Å². The van der Waals surface area contributed by atoms with E-state index in [2.05, 4.69) is 16.7 Å². The van der Waals surface area contributed by atoms with Gasteiger partial charge in [-0.25, -0.2) is 0 Å². The van der Waals surface area contributed by atoms with Gasteiger partial charge in [-0.05, 0) is 43.4 Å². The van der Waals surface area contributed by atoms with Crippen molar-refractivity contribution >= 4 is 23.6 Å². The fraction of sp³-hybridized carbons (Fsp3) is 0.808. The van der Waals surface area contributed by atoms with E-state index in [0.717, 1.165) is 6.42 Å². The average molecular weight is 538 g/mol. The Morgan fingerprint density at radius 2 is 1.89 bits per heavy atom. The van der Waals surface area contributed by atoms with Crippen LogP contribution in [0.25, 0.3) is 0 Å². The van der Waals surface area contributed by atoms with Crippen molar-refractivity contribution < 1.29 is 32.3 Å². The van der Waals surface area contributed by atoms with Crippen LogP contribution in [0, 0.1) is 39.9 Å². The third kappa shape index (κ3) is 3.35. The maximum Gasteiger partial charge on any atom is 0.403 e. The van der Waals surface area contributed by atoms with E-state index in [1.54, 1.807) is 18.7 Å². The van der Waals surface area contributed by atoms with Gasteiger partial charge in [0.15, 0.2) is 0 Å². The Morgan fingerprint density at radius 3 is 2.42 bits per heavy atom. The van der Waals surface area contributed by atoms with Gasteiger partial charge in [-0.2, -0.15) is 18.4 Å². The van der Waals surface area contributed by atoms with Gasteiger partial charge in [0.1, 0.15) is 23.5 Å². The number of hydrogen-bond donors (Lipinski definition) is 2. The smallest absolute Gasteiger partial charge is 0.356 e. The number of piperidine rings is 2. The van der Waals surface area contributed by atoms with Crippen LogP contribution in [0.3, 0.4) is 0 Å². The van der Waals surface area contributed by atoms with Crippen LogP contribution in [0.1, 0.15) is 59.8 Å². The third-order valence-electron chi connectivity index (χ3n) is 9.93. The summed E-state index contributed by atoms with van der Waals surface area (Å²) in [7, 11) is 0. The summed E-state index contributed by atoms with van der Waals surface area (Å²) in [6, 6.07) is -0.668. The highest BCUT2D eigenvalue weighted by molar-refractivity contribution is 6.01. The van der Waals surface area contributed by atoms with Crippen molar-refractivity contribution in [1.82, 2.24) is 20.4 Å². The summed E-state index contributed by atoms with van der Waals surface area (Å²) in [5, 5.41) is 15.2. The standard InChI is InChI=1S/C26H34F3N5O4/c1-13(2)17(32-22(38)24(7-8-24)26(27,28)29)20(36)33-12-16-23(3,4)25(16)18(33)21(37)34(25)15(11-30)10-14-6-5-9-31-19(14)35/h13-18H,5-10,12H2,1-4H3,(H,31,35)(H,32,38). The van der Waals surface area contributed by atoms with Gasteiger partial charge in [-0.3, -0.25) is 19.2 Å². The summed E-state index contributed by atoms with van der Waals surface area (Å²) in [4.78, 5) is 55.2. The fourth-order valence-electron chi connectivity index (χ4n) is 7.42. The molecule has 6 atom stereocenters. The van der Waals surface area contributed by atoms with Gasteiger partial charge in [0, 0.05) is 24.9 Å². The normalized spacial score (nSPS) is 33.8. The molecule has 1 spiro atoms. The Hall–Kier alpha value is -2.84. The molecule has 0 aromatic carbocycles. The molecule has 0 bridgehead atoms. The van der Waals surface area contributed by atoms with E-state index in [0.29, 0.717) is 13.0 Å². The number of amides is 4. The minimum atomic E-state index is -4.70. The van der Waals surface area contributed by atoms with Gasteiger partial charge in [0.25, 0.3) is 0 Å². The summed E-state index contributed by atoms with van der Waals surface area (Å²) in [5.41, 5.74) is -3.59. The van der Waals surface area contributed by atoms with E-state index >= 15 is 0 Å². The van der Waals surface area contributed by atoms with Gasteiger partial charge in [-0.1, -0.05) is 27.7 Å². The highest BCUT2D eigenvalue weighted by Gasteiger charge is 2.90. The number of carbonyl (C=O) groups is 4. The van der Waals surface area contributed by atoms with Gasteiger partial charge < -0.3 is 20.4 Å². The first-order valence-electron chi connectivity index (χ1n) is 13.4. The molecule has 3 saturated heterocycles. The van der Waals surface area contributed by atoms with Crippen molar-refractivity contribution in [2.75, 3.05) is 13.1 Å². The highest BCUT2D eigenvalue weighted by Crippen LogP contribution is 2.76. The molecule has 9 nitrogen and oxygen atoms in total. The van der Waals surface area contributed by atoms with Crippen LogP contribution < -0.4 is 10.6 Å². The number of nitrogens with zero attached hydrogens (tertiary/aromatic N) is 3. The SMILES string of the molecule is CC(C)C(NC(=O)C1(C(F)(F)F)CC1)C(=O)N1CC2C(C)(C)C23C1C(=O)N3C(C#N)CC1CCCNC1=O. The molecule has 6 unspecified atom stereocenters. The molecule has 5 fully saturated rings. The third-order valence-corrected chi connectivity index (χ3v) is 9.93. The quantitative estimate of drug-likeness (QED) is 0.479. The van der Waals surface area contributed by atoms with Crippen LogP contribution in [0.2, 0.25) is 0 Å². The zero-order chi connectivity index (χ0) is 28.0. The zero-order valence-electron chi connectivity index (χ0n) is 22.0. The summed E-state index contributed by atoms with van der Waals surface area (Å²) in [6.45, 7) is 8.05. The van der Waals surface area contributed by atoms with Crippen LogP contribution in [0.5, 0.6) is 0 Å². The van der Waals surface area contributed by atoms with Crippen LogP contribution in [-0.4, -0.2) is 76.4 Å². The summed E-state index contributed by atoms with van der Waals surface area (Å²) < 4.78 is 40.5. The number of β-lactam (4-membered cyclic amide) rings is 1. The lowest BCUT2D eigenvalue weighted by Gasteiger charge is -2.54. The van der Waals surface area contributed by atoms with E-state index in [1.807, 2.05) is 13.8 Å². The molecule has 4 amide bonds. The molecular weight excluding hydrogens is 503 g/mol. The molecule has 3 heterocycles. The largest absolute Gasteiger partial charge is 0.403 e. The molecule has 2 saturated carbocycles. The van der Waals surface area contributed by atoms with Gasteiger partial charge in [0.2, 0.25) is 23.6 Å². The van der Waals surface area contributed by atoms with Crippen molar-refractivity contribution in [2.45, 2.75) is 89.6 Å². The van der Waals surface area contributed by atoms with Crippen molar-refractivity contribution in [3.8, 4) is 6.07 Å². The predicted molar refractivity (Wildman–Crippen MR) is 127 cm³/mol. The molecule has 5 aliphatic rings. The van der Waals surface area contributed by atoms with E-state index < -0.39 is 58.9 Å². The first-order chi connectivity index (χ1) is 17.7. The van der Waals surface area contributed by atoms with Gasteiger partial charge in [0.05, 0.1) is 11.6 Å². The molecular formula is C26H34F3N5O4. The lowest BCUT2D eigenvalue weighted by atomic mass is 9.80. The first-order valence-corrected chi connectivity index (χ1v) is 13.4. The fourth-order valence-corrected chi connectivity index (χ4v) is 7.42. The zero-order valence-corrected chi connectivity index (χ0v) is 22.0. The number of halogens is 3. The second kappa shape index (κ2) is 8.33. The minimum Gasteiger partial charge on any atom is -0.356 e. The molecule has 0 radical (unpaired) electrons.